The van der Waals surface area contributed by atoms with Crippen LogP contribution in [0.2, 0.25) is 0 Å². The van der Waals surface area contributed by atoms with Gasteiger partial charge < -0.3 is 0 Å². The zero-order chi connectivity index (χ0) is 7.28. The molecule has 0 saturated heterocycles. The van der Waals surface area contributed by atoms with E-state index in [9.17, 15) is 0 Å². The zero-order valence-electron chi connectivity index (χ0n) is 6.08. The van der Waals surface area contributed by atoms with Gasteiger partial charge in [0, 0.05) is 5.54 Å². The quantitative estimate of drug-likeness (QED) is 0.532. The molecule has 52 valence electrons. The van der Waals surface area contributed by atoms with Crippen LogP contribution in [0, 0.1) is 0 Å². The summed E-state index contributed by atoms with van der Waals surface area (Å²) in [4.78, 5) is 0. The van der Waals surface area contributed by atoms with Crippen molar-refractivity contribution in [1.82, 2.24) is 0 Å². The average molecular weight is 145 g/mol. The molecular formula is C8H13Cl. The van der Waals surface area contributed by atoms with E-state index in [1.54, 1.807) is 5.54 Å². The van der Waals surface area contributed by atoms with Gasteiger partial charge in [0.05, 0.1) is 0 Å². The molecule has 0 fully saturated rings. The summed E-state index contributed by atoms with van der Waals surface area (Å²) < 4.78 is 0. The van der Waals surface area contributed by atoms with Gasteiger partial charge in [-0.3, -0.25) is 0 Å². The molecular weight excluding hydrogens is 132 g/mol. The molecule has 0 aliphatic heterocycles. The smallest absolute Gasteiger partial charge is 0.00318 e. The Hall–Kier alpha value is -0.230. The van der Waals surface area contributed by atoms with Gasteiger partial charge in [-0.2, -0.15) is 0 Å². The second kappa shape index (κ2) is 4.63. The third-order valence-corrected chi connectivity index (χ3v) is 1.50. The summed E-state index contributed by atoms with van der Waals surface area (Å²) in [5.74, 6) is 0. The Balaban J connectivity index is 3.39. The van der Waals surface area contributed by atoms with E-state index in [1.165, 1.54) is 11.1 Å². The van der Waals surface area contributed by atoms with Crippen LogP contribution >= 0.6 is 11.6 Å². The summed E-state index contributed by atoms with van der Waals surface area (Å²) in [7, 11) is 0. The van der Waals surface area contributed by atoms with E-state index in [-0.39, 0.29) is 0 Å². The molecule has 0 N–H and O–H groups in total. The first kappa shape index (κ1) is 8.77. The van der Waals surface area contributed by atoms with E-state index in [1.807, 2.05) is 13.8 Å². The molecule has 0 aromatic carbocycles. The van der Waals surface area contributed by atoms with Crippen LogP contribution in [0.15, 0.2) is 23.3 Å². The Morgan fingerprint density at radius 3 is 2.33 bits per heavy atom. The van der Waals surface area contributed by atoms with Gasteiger partial charge in [-0.05, 0) is 26.7 Å². The topological polar surface area (TPSA) is 0 Å². The van der Waals surface area contributed by atoms with Crippen molar-refractivity contribution in [3.05, 3.63) is 23.3 Å². The normalized spacial score (nSPS) is 11.7. The molecule has 0 spiro atoms. The minimum Gasteiger partial charge on any atom is -0.100 e. The van der Waals surface area contributed by atoms with Crippen molar-refractivity contribution < 1.29 is 0 Å². The van der Waals surface area contributed by atoms with Crippen molar-refractivity contribution in [1.29, 1.82) is 0 Å². The van der Waals surface area contributed by atoms with Gasteiger partial charge in [0.2, 0.25) is 0 Å². The number of hydrogen-bond donors (Lipinski definition) is 0. The summed E-state index contributed by atoms with van der Waals surface area (Å²) in [6.45, 7) is 7.84. The summed E-state index contributed by atoms with van der Waals surface area (Å²) >= 11 is 5.44. The van der Waals surface area contributed by atoms with Crippen LogP contribution in [-0.2, 0) is 0 Å². The standard InChI is InChI=1S/C8H13Cl/c1-7(2)4-5-8(3)6-9/h6H,1,4-5H2,2-3H3. The van der Waals surface area contributed by atoms with Crippen LogP contribution in [0.5, 0.6) is 0 Å². The third kappa shape index (κ3) is 5.64. The molecule has 0 heterocycles. The fraction of sp³-hybridized carbons (Fsp3) is 0.500. The van der Waals surface area contributed by atoms with Crippen molar-refractivity contribution in [2.75, 3.05) is 0 Å². The zero-order valence-corrected chi connectivity index (χ0v) is 6.83. The minimum atomic E-state index is 1.04. The van der Waals surface area contributed by atoms with Gasteiger partial charge in [0.1, 0.15) is 0 Å². The molecule has 0 aromatic rings. The maximum Gasteiger partial charge on any atom is 0.00318 e. The maximum atomic E-state index is 5.44. The number of allylic oxidation sites excluding steroid dienone is 2. The van der Waals surface area contributed by atoms with Crippen LogP contribution in [-0.4, -0.2) is 0 Å². The molecule has 0 nitrogen and oxygen atoms in total. The van der Waals surface area contributed by atoms with Crippen molar-refractivity contribution in [3.8, 4) is 0 Å². The molecule has 0 rings (SSSR count). The Morgan fingerprint density at radius 1 is 1.44 bits per heavy atom. The van der Waals surface area contributed by atoms with E-state index in [0.29, 0.717) is 0 Å². The first-order valence-corrected chi connectivity index (χ1v) is 3.50. The van der Waals surface area contributed by atoms with Crippen molar-refractivity contribution in [2.24, 2.45) is 0 Å². The van der Waals surface area contributed by atoms with E-state index >= 15 is 0 Å². The molecule has 0 unspecified atom stereocenters. The van der Waals surface area contributed by atoms with E-state index in [4.69, 9.17) is 11.6 Å². The van der Waals surface area contributed by atoms with Crippen LogP contribution in [0.4, 0.5) is 0 Å². The highest BCUT2D eigenvalue weighted by Gasteiger charge is 1.88. The van der Waals surface area contributed by atoms with Crippen LogP contribution in [0.25, 0.3) is 0 Å². The molecule has 0 atom stereocenters. The molecule has 0 aliphatic rings. The maximum absolute atomic E-state index is 5.44. The summed E-state index contributed by atoms with van der Waals surface area (Å²) in [5, 5.41) is 0. The first-order valence-electron chi connectivity index (χ1n) is 3.07. The van der Waals surface area contributed by atoms with Gasteiger partial charge in [-0.25, -0.2) is 0 Å². The summed E-state index contributed by atoms with van der Waals surface area (Å²) in [6.07, 6.45) is 2.09. The molecule has 9 heavy (non-hydrogen) atoms. The fourth-order valence-electron chi connectivity index (χ4n) is 0.465. The Morgan fingerprint density at radius 2 is 2.00 bits per heavy atom. The molecule has 0 amide bonds. The molecule has 1 heteroatoms. The van der Waals surface area contributed by atoms with Crippen molar-refractivity contribution in [3.63, 3.8) is 0 Å². The highest BCUT2D eigenvalue weighted by molar-refractivity contribution is 6.25. The highest BCUT2D eigenvalue weighted by Crippen LogP contribution is 2.09. The Kier molecular flexibility index (Phi) is 4.51. The van der Waals surface area contributed by atoms with Gasteiger partial charge >= 0.3 is 0 Å². The third-order valence-electron chi connectivity index (χ3n) is 1.13. The minimum absolute atomic E-state index is 1.04. The highest BCUT2D eigenvalue weighted by atomic mass is 35.5. The summed E-state index contributed by atoms with van der Waals surface area (Å²) in [6, 6.07) is 0. The van der Waals surface area contributed by atoms with Gasteiger partial charge in [0.15, 0.2) is 0 Å². The number of rotatable bonds is 3. The molecule has 0 bridgehead atoms. The average Bonchev–Trinajstić information content (AvgIpc) is 1.83. The Labute approximate surface area is 62.2 Å². The van der Waals surface area contributed by atoms with Crippen molar-refractivity contribution in [2.45, 2.75) is 26.7 Å². The second-order valence-electron chi connectivity index (χ2n) is 2.41. The van der Waals surface area contributed by atoms with Crippen LogP contribution in [0.1, 0.15) is 26.7 Å². The fourth-order valence-corrected chi connectivity index (χ4v) is 0.574. The van der Waals surface area contributed by atoms with E-state index in [2.05, 4.69) is 6.58 Å². The van der Waals surface area contributed by atoms with Crippen molar-refractivity contribution >= 4 is 11.6 Å². The molecule has 0 aliphatic carbocycles. The lowest BCUT2D eigenvalue weighted by atomic mass is 10.1. The van der Waals surface area contributed by atoms with E-state index in [0.717, 1.165) is 12.8 Å². The Bertz CT molecular complexity index is 123. The van der Waals surface area contributed by atoms with E-state index < -0.39 is 0 Å². The predicted octanol–water partition coefficient (Wildman–Crippen LogP) is 3.49. The number of hydrogen-bond acceptors (Lipinski definition) is 0. The van der Waals surface area contributed by atoms with Gasteiger partial charge in [-0.15, -0.1) is 6.58 Å². The lowest BCUT2D eigenvalue weighted by Crippen LogP contribution is -1.76. The first-order chi connectivity index (χ1) is 4.16. The monoisotopic (exact) mass is 144 g/mol. The summed E-state index contributed by atoms with van der Waals surface area (Å²) in [5.41, 5.74) is 4.07. The van der Waals surface area contributed by atoms with Gasteiger partial charge in [-0.1, -0.05) is 22.7 Å². The predicted molar refractivity (Wildman–Crippen MR) is 43.7 cm³/mol. The SMILES string of the molecule is C=C(C)CCC(C)=CCl. The largest absolute Gasteiger partial charge is 0.100 e. The molecule has 0 saturated carbocycles. The number of halogens is 1. The van der Waals surface area contributed by atoms with Crippen LogP contribution in [0.3, 0.4) is 0 Å². The molecule has 0 aromatic heterocycles. The lowest BCUT2D eigenvalue weighted by molar-refractivity contribution is 0.931. The second-order valence-corrected chi connectivity index (χ2v) is 2.63. The van der Waals surface area contributed by atoms with Gasteiger partial charge in [0.25, 0.3) is 0 Å². The molecule has 0 radical (unpaired) electrons. The lowest BCUT2D eigenvalue weighted by Gasteiger charge is -1.97. The van der Waals surface area contributed by atoms with Crippen LogP contribution < -0.4 is 0 Å².